The molecule has 0 amide bonds. The number of aromatic nitrogens is 3. The smallest absolute Gasteiger partial charge is 0.226 e. The molecule has 6 nitrogen and oxygen atoms in total. The van der Waals surface area contributed by atoms with Gasteiger partial charge in [-0.3, -0.25) is 4.79 Å². The molecule has 0 radical (unpaired) electrons. The van der Waals surface area contributed by atoms with Gasteiger partial charge in [-0.05, 0) is 30.5 Å². The predicted molar refractivity (Wildman–Crippen MR) is 105 cm³/mol. The Morgan fingerprint density at radius 1 is 1.11 bits per heavy atom. The van der Waals surface area contributed by atoms with Crippen LogP contribution in [0.2, 0.25) is 0 Å². The van der Waals surface area contributed by atoms with Crippen molar-refractivity contribution in [3.8, 4) is 5.75 Å². The van der Waals surface area contributed by atoms with Crippen molar-refractivity contribution in [2.45, 2.75) is 31.7 Å². The summed E-state index contributed by atoms with van der Waals surface area (Å²) in [7, 11) is 0. The predicted octanol–water partition coefficient (Wildman–Crippen LogP) is 3.71. The van der Waals surface area contributed by atoms with Gasteiger partial charge in [0.25, 0.3) is 0 Å². The molecule has 0 fully saturated rings. The average Bonchev–Trinajstić information content (AvgIpc) is 3.15. The van der Waals surface area contributed by atoms with Crippen LogP contribution < -0.4 is 5.32 Å². The first-order valence-electron chi connectivity index (χ1n) is 9.39. The molecule has 2 unspecified atom stereocenters. The van der Waals surface area contributed by atoms with Crippen molar-refractivity contribution in [3.63, 3.8) is 0 Å². The number of rotatable bonds is 2. The van der Waals surface area contributed by atoms with Gasteiger partial charge in [0.15, 0.2) is 5.78 Å². The van der Waals surface area contributed by atoms with Crippen LogP contribution in [0.5, 0.6) is 5.75 Å². The molecule has 2 atom stereocenters. The van der Waals surface area contributed by atoms with E-state index in [0.717, 1.165) is 22.4 Å². The number of para-hydroxylation sites is 1. The molecular weight excluding hydrogens is 352 g/mol. The number of benzene rings is 2. The summed E-state index contributed by atoms with van der Waals surface area (Å²) in [6.45, 7) is 2.04. The summed E-state index contributed by atoms with van der Waals surface area (Å²) in [5.41, 5.74) is 4.60. The van der Waals surface area contributed by atoms with Gasteiger partial charge < -0.3 is 10.4 Å². The molecule has 1 aliphatic carbocycles. The van der Waals surface area contributed by atoms with E-state index in [0.29, 0.717) is 18.8 Å². The van der Waals surface area contributed by atoms with Crippen molar-refractivity contribution in [1.29, 1.82) is 0 Å². The summed E-state index contributed by atoms with van der Waals surface area (Å²) >= 11 is 0. The summed E-state index contributed by atoms with van der Waals surface area (Å²) in [6, 6.07) is 15.1. The quantitative estimate of drug-likeness (QED) is 0.717. The molecule has 5 rings (SSSR count). The lowest BCUT2D eigenvalue weighted by atomic mass is 9.77. The van der Waals surface area contributed by atoms with Crippen molar-refractivity contribution in [2.24, 2.45) is 0 Å². The van der Waals surface area contributed by atoms with Crippen molar-refractivity contribution in [2.75, 3.05) is 5.32 Å². The molecule has 0 bridgehead atoms. The molecule has 1 aromatic heterocycles. The first-order chi connectivity index (χ1) is 13.6. The Labute approximate surface area is 162 Å². The molecule has 28 heavy (non-hydrogen) atoms. The van der Waals surface area contributed by atoms with Crippen molar-refractivity contribution in [3.05, 3.63) is 82.8 Å². The fourth-order valence-electron chi connectivity index (χ4n) is 4.26. The maximum absolute atomic E-state index is 13.3. The van der Waals surface area contributed by atoms with Crippen LogP contribution in [0, 0.1) is 6.92 Å². The number of hydrogen-bond acceptors (Lipinski definition) is 5. The lowest BCUT2D eigenvalue weighted by Gasteiger charge is -2.35. The maximum Gasteiger partial charge on any atom is 0.226 e. The second-order valence-corrected chi connectivity index (χ2v) is 7.45. The number of fused-ring (bicyclic) bond motifs is 1. The number of Topliss-reactive ketones (excluding diaryl/α,β-unsaturated/α-hetero) is 1. The van der Waals surface area contributed by atoms with Gasteiger partial charge in [0.1, 0.15) is 18.1 Å². The zero-order valence-electron chi connectivity index (χ0n) is 15.5. The summed E-state index contributed by atoms with van der Waals surface area (Å²) < 4.78 is 1.78. The third kappa shape index (κ3) is 2.60. The van der Waals surface area contributed by atoms with E-state index in [2.05, 4.69) is 15.4 Å². The molecule has 140 valence electrons. The minimum Gasteiger partial charge on any atom is -0.508 e. The molecule has 2 aliphatic rings. The van der Waals surface area contributed by atoms with E-state index in [4.69, 9.17) is 0 Å². The van der Waals surface area contributed by atoms with Crippen LogP contribution >= 0.6 is 0 Å². The van der Waals surface area contributed by atoms with Gasteiger partial charge in [-0.25, -0.2) is 4.68 Å². The maximum atomic E-state index is 13.3. The summed E-state index contributed by atoms with van der Waals surface area (Å²) in [6.07, 6.45) is 2.52. The second-order valence-electron chi connectivity index (χ2n) is 7.45. The normalized spacial score (nSPS) is 21.1. The Kier molecular flexibility index (Phi) is 3.79. The minimum atomic E-state index is -0.285. The first kappa shape index (κ1) is 16.7. The number of aromatic hydroxyl groups is 1. The van der Waals surface area contributed by atoms with Crippen molar-refractivity contribution in [1.82, 2.24) is 14.8 Å². The number of carbonyl (C=O) groups is 1. The molecule has 3 aromatic rings. The van der Waals surface area contributed by atoms with Gasteiger partial charge in [0.2, 0.25) is 5.95 Å². The molecule has 2 heterocycles. The first-order valence-corrected chi connectivity index (χ1v) is 9.39. The number of carbonyl (C=O) groups excluding carboxylic acids is 1. The zero-order valence-corrected chi connectivity index (χ0v) is 15.5. The zero-order chi connectivity index (χ0) is 19.3. The largest absolute Gasteiger partial charge is 0.508 e. The van der Waals surface area contributed by atoms with E-state index in [1.165, 1.54) is 11.9 Å². The lowest BCUT2D eigenvalue weighted by Crippen LogP contribution is -2.33. The highest BCUT2D eigenvalue weighted by Gasteiger charge is 2.39. The molecule has 0 saturated carbocycles. The fourth-order valence-corrected chi connectivity index (χ4v) is 4.26. The lowest BCUT2D eigenvalue weighted by molar-refractivity contribution is -0.116. The van der Waals surface area contributed by atoms with Crippen LogP contribution in [-0.4, -0.2) is 25.7 Å². The van der Waals surface area contributed by atoms with Crippen LogP contribution in [0.4, 0.5) is 5.95 Å². The number of ketones is 1. The Morgan fingerprint density at radius 3 is 2.68 bits per heavy atom. The molecular formula is C22H20N4O2. The van der Waals surface area contributed by atoms with E-state index in [1.807, 2.05) is 43.3 Å². The van der Waals surface area contributed by atoms with Gasteiger partial charge in [-0.1, -0.05) is 48.0 Å². The van der Waals surface area contributed by atoms with Gasteiger partial charge >= 0.3 is 0 Å². The molecule has 1 aliphatic heterocycles. The number of hydrogen-bond donors (Lipinski definition) is 2. The number of phenolic OH excluding ortho intramolecular Hbond substituents is 1. The molecule has 6 heteroatoms. The van der Waals surface area contributed by atoms with Gasteiger partial charge in [-0.2, -0.15) is 10.1 Å². The van der Waals surface area contributed by atoms with Crippen molar-refractivity contribution < 1.29 is 9.90 Å². The van der Waals surface area contributed by atoms with Crippen LogP contribution in [0.25, 0.3) is 0 Å². The van der Waals surface area contributed by atoms with Gasteiger partial charge in [-0.15, -0.1) is 0 Å². The highest BCUT2D eigenvalue weighted by atomic mass is 16.3. The number of allylic oxidation sites excluding steroid dienone is 2. The highest BCUT2D eigenvalue weighted by molar-refractivity contribution is 6.00. The molecule has 0 saturated heterocycles. The SMILES string of the molecule is Cc1ccc(C2C3=C(CC(c4ccccc4O)CC3=O)Nc3ncnn32)cc1. The third-order valence-corrected chi connectivity index (χ3v) is 5.63. The van der Waals surface area contributed by atoms with Crippen molar-refractivity contribution >= 4 is 11.7 Å². The number of anilines is 1. The standard InChI is InChI=1S/C22H20N4O2/c1-13-6-8-14(9-7-13)21-20-17(25-22-23-12-24-26(21)22)10-15(11-19(20)28)16-4-2-3-5-18(16)27/h2-9,12,15,21,27H,10-11H2,1H3,(H,23,24,25). The van der Waals surface area contributed by atoms with E-state index in [1.54, 1.807) is 16.8 Å². The Bertz CT molecular complexity index is 1100. The summed E-state index contributed by atoms with van der Waals surface area (Å²) in [5, 5.41) is 17.9. The summed E-state index contributed by atoms with van der Waals surface area (Å²) in [5.74, 6) is 0.885. The number of nitrogens with zero attached hydrogens (tertiary/aromatic N) is 3. The Balaban J connectivity index is 1.61. The van der Waals surface area contributed by atoms with Crippen LogP contribution in [-0.2, 0) is 4.79 Å². The van der Waals surface area contributed by atoms with Gasteiger partial charge in [0, 0.05) is 23.6 Å². The summed E-state index contributed by atoms with van der Waals surface area (Å²) in [4.78, 5) is 17.6. The second kappa shape index (κ2) is 6.34. The topological polar surface area (TPSA) is 80.0 Å². The van der Waals surface area contributed by atoms with Crippen LogP contribution in [0.1, 0.15) is 41.5 Å². The molecule has 2 aromatic carbocycles. The highest BCUT2D eigenvalue weighted by Crippen LogP contribution is 2.45. The third-order valence-electron chi connectivity index (χ3n) is 5.63. The molecule has 2 N–H and O–H groups in total. The Hall–Kier alpha value is -3.41. The van der Waals surface area contributed by atoms with Crippen LogP contribution in [0.3, 0.4) is 0 Å². The van der Waals surface area contributed by atoms with E-state index >= 15 is 0 Å². The molecule has 0 spiro atoms. The number of phenols is 1. The van der Waals surface area contributed by atoms with Gasteiger partial charge in [0.05, 0.1) is 0 Å². The minimum absolute atomic E-state index is 0.0620. The monoisotopic (exact) mass is 372 g/mol. The van der Waals surface area contributed by atoms with E-state index in [9.17, 15) is 9.90 Å². The average molecular weight is 372 g/mol. The van der Waals surface area contributed by atoms with E-state index in [-0.39, 0.29) is 23.5 Å². The number of aryl methyl sites for hydroxylation is 1. The fraction of sp³-hybridized carbons (Fsp3) is 0.227. The van der Waals surface area contributed by atoms with E-state index < -0.39 is 0 Å². The van der Waals surface area contributed by atoms with Crippen LogP contribution in [0.15, 0.2) is 66.1 Å². The number of nitrogens with one attached hydrogen (secondary N) is 1. The Morgan fingerprint density at radius 2 is 1.89 bits per heavy atom.